The Morgan fingerprint density at radius 1 is 1.13 bits per heavy atom. The molecule has 0 saturated carbocycles. The largest absolute Gasteiger partial charge is 0.497 e. The Labute approximate surface area is 226 Å². The van der Waals surface area contributed by atoms with Gasteiger partial charge in [0.05, 0.1) is 37.1 Å². The van der Waals surface area contributed by atoms with Crippen molar-refractivity contribution in [1.82, 2.24) is 14.7 Å². The third kappa shape index (κ3) is 7.80. The van der Waals surface area contributed by atoms with Crippen LogP contribution in [-0.2, 0) is 23.1 Å². The van der Waals surface area contributed by atoms with Gasteiger partial charge < -0.3 is 24.1 Å². The van der Waals surface area contributed by atoms with Crippen molar-refractivity contribution in [1.29, 1.82) is 0 Å². The van der Waals surface area contributed by atoms with E-state index in [4.69, 9.17) is 24.0 Å². The Bertz CT molecular complexity index is 1150. The Balaban J connectivity index is 1.66. The molecule has 1 fully saturated rings. The number of hydrogen-bond acceptors (Lipinski definition) is 7. The molecule has 38 heavy (non-hydrogen) atoms. The summed E-state index contributed by atoms with van der Waals surface area (Å²) < 4.78 is 25.4. The van der Waals surface area contributed by atoms with Crippen LogP contribution in [-0.4, -0.2) is 71.0 Å². The van der Waals surface area contributed by atoms with E-state index in [9.17, 15) is 5.11 Å². The Morgan fingerprint density at radius 3 is 2.58 bits per heavy atom. The van der Waals surface area contributed by atoms with Crippen LogP contribution >= 0.6 is 0 Å². The topological polar surface area (TPSA) is 78.2 Å². The summed E-state index contributed by atoms with van der Waals surface area (Å²) in [5, 5.41) is 15.8. The van der Waals surface area contributed by atoms with Crippen molar-refractivity contribution in [2.75, 3.05) is 33.4 Å². The highest BCUT2D eigenvalue weighted by molar-refractivity contribution is 5.65. The summed E-state index contributed by atoms with van der Waals surface area (Å²) in [5.74, 6) is 2.03. The maximum atomic E-state index is 10.9. The molecule has 1 N–H and O–H groups in total. The van der Waals surface area contributed by atoms with Crippen LogP contribution < -0.4 is 9.47 Å². The molecule has 8 nitrogen and oxygen atoms in total. The molecule has 206 valence electrons. The summed E-state index contributed by atoms with van der Waals surface area (Å²) in [4.78, 5) is 2.23. The number of aliphatic hydroxyl groups is 1. The molecule has 0 bridgehead atoms. The molecule has 2 heterocycles. The molecule has 0 spiro atoms. The fourth-order valence-electron chi connectivity index (χ4n) is 4.63. The van der Waals surface area contributed by atoms with Gasteiger partial charge >= 0.3 is 0 Å². The molecule has 1 aliphatic heterocycles. The number of aliphatic hydroxyl groups excluding tert-OH is 1. The molecule has 2 aromatic carbocycles. The number of ether oxygens (including phenoxy) is 4. The van der Waals surface area contributed by atoms with E-state index < -0.39 is 6.10 Å². The highest BCUT2D eigenvalue weighted by Gasteiger charge is 2.27. The molecule has 3 aromatic rings. The molecule has 8 heteroatoms. The zero-order valence-corrected chi connectivity index (χ0v) is 23.2. The van der Waals surface area contributed by atoms with Crippen molar-refractivity contribution < 1.29 is 24.1 Å². The average molecular weight is 524 g/mol. The standard InChI is InChI=1S/C30H41N3O5/c1-30(2,3)37-21-23(34)18-33(19-26-15-10-16-36-26)20-27-28(22-11-7-6-8-12-22)31-32(4)29(27)38-25-14-9-13-24(17-25)35-5/h6-9,11-14,17,23,26,34H,10,15-16,18-21H2,1-5H3/t23-,26-/m0/s1. The van der Waals surface area contributed by atoms with Crippen LogP contribution in [0, 0.1) is 0 Å². The summed E-state index contributed by atoms with van der Waals surface area (Å²) in [6, 6.07) is 17.7. The van der Waals surface area contributed by atoms with E-state index in [-0.39, 0.29) is 18.3 Å². The quantitative estimate of drug-likeness (QED) is 0.356. The SMILES string of the molecule is COc1cccc(Oc2c(CN(C[C@H](O)COC(C)(C)C)C[C@@H]3CCCO3)c(-c3ccccc3)nn2C)c1. The highest BCUT2D eigenvalue weighted by Crippen LogP contribution is 2.35. The Kier molecular flexibility index (Phi) is 9.44. The van der Waals surface area contributed by atoms with Crippen LogP contribution in [0.2, 0.25) is 0 Å². The molecule has 1 aliphatic rings. The van der Waals surface area contributed by atoms with Crippen molar-refractivity contribution in [3.05, 3.63) is 60.2 Å². The van der Waals surface area contributed by atoms with Crippen LogP contribution in [0.3, 0.4) is 0 Å². The Hall–Kier alpha value is -2.91. The predicted molar refractivity (Wildman–Crippen MR) is 148 cm³/mol. The number of benzene rings is 2. The number of hydrogen-bond donors (Lipinski definition) is 1. The first-order chi connectivity index (χ1) is 18.2. The molecular formula is C30H41N3O5. The second-order valence-electron chi connectivity index (χ2n) is 10.8. The van der Waals surface area contributed by atoms with Crippen LogP contribution in [0.5, 0.6) is 17.4 Å². The van der Waals surface area contributed by atoms with Gasteiger partial charge in [0.1, 0.15) is 17.2 Å². The lowest BCUT2D eigenvalue weighted by Gasteiger charge is -2.29. The van der Waals surface area contributed by atoms with Crippen molar-refractivity contribution in [3.63, 3.8) is 0 Å². The first-order valence-corrected chi connectivity index (χ1v) is 13.3. The molecule has 0 unspecified atom stereocenters. The van der Waals surface area contributed by atoms with Gasteiger partial charge in [-0.25, -0.2) is 4.68 Å². The number of methoxy groups -OCH3 is 1. The van der Waals surface area contributed by atoms with Gasteiger partial charge in [-0.1, -0.05) is 36.4 Å². The highest BCUT2D eigenvalue weighted by atomic mass is 16.5. The fourth-order valence-corrected chi connectivity index (χ4v) is 4.63. The van der Waals surface area contributed by atoms with Gasteiger partial charge in [-0.2, -0.15) is 5.10 Å². The summed E-state index contributed by atoms with van der Waals surface area (Å²) >= 11 is 0. The third-order valence-corrected chi connectivity index (χ3v) is 6.44. The van der Waals surface area contributed by atoms with Gasteiger partial charge in [0.25, 0.3) is 0 Å². The van der Waals surface area contributed by atoms with Crippen molar-refractivity contribution >= 4 is 0 Å². The molecule has 0 amide bonds. The summed E-state index contributed by atoms with van der Waals surface area (Å²) in [6.45, 7) is 8.70. The summed E-state index contributed by atoms with van der Waals surface area (Å²) in [5.41, 5.74) is 2.49. The third-order valence-electron chi connectivity index (χ3n) is 6.44. The fraction of sp³-hybridized carbons (Fsp3) is 0.500. The van der Waals surface area contributed by atoms with E-state index in [2.05, 4.69) is 17.0 Å². The zero-order valence-electron chi connectivity index (χ0n) is 23.2. The normalized spacial score (nSPS) is 16.7. The van der Waals surface area contributed by atoms with E-state index in [1.165, 1.54) is 0 Å². The average Bonchev–Trinajstić information content (AvgIpc) is 3.51. The first kappa shape index (κ1) is 28.1. The van der Waals surface area contributed by atoms with Crippen molar-refractivity contribution in [2.45, 2.75) is 58.0 Å². The first-order valence-electron chi connectivity index (χ1n) is 13.3. The van der Waals surface area contributed by atoms with Crippen molar-refractivity contribution in [3.8, 4) is 28.6 Å². The molecule has 0 aliphatic carbocycles. The molecule has 1 saturated heterocycles. The van der Waals surface area contributed by atoms with Gasteiger partial charge in [0.2, 0.25) is 5.88 Å². The maximum absolute atomic E-state index is 10.9. The van der Waals surface area contributed by atoms with E-state index in [1.807, 2.05) is 70.3 Å². The van der Waals surface area contributed by atoms with Gasteiger partial charge in [-0.05, 0) is 45.7 Å². The van der Waals surface area contributed by atoms with Gasteiger partial charge in [0.15, 0.2) is 0 Å². The van der Waals surface area contributed by atoms with Crippen molar-refractivity contribution in [2.24, 2.45) is 7.05 Å². The second kappa shape index (κ2) is 12.8. The Morgan fingerprint density at radius 2 is 1.89 bits per heavy atom. The lowest BCUT2D eigenvalue weighted by molar-refractivity contribution is -0.0594. The van der Waals surface area contributed by atoms with E-state index in [0.717, 1.165) is 42.0 Å². The lowest BCUT2D eigenvalue weighted by atomic mass is 10.1. The minimum absolute atomic E-state index is 0.130. The van der Waals surface area contributed by atoms with E-state index in [0.29, 0.717) is 31.3 Å². The number of rotatable bonds is 12. The van der Waals surface area contributed by atoms with E-state index >= 15 is 0 Å². The monoisotopic (exact) mass is 523 g/mol. The number of aryl methyl sites for hydroxylation is 1. The minimum Gasteiger partial charge on any atom is -0.497 e. The molecule has 1 aromatic heterocycles. The van der Waals surface area contributed by atoms with E-state index in [1.54, 1.807) is 11.8 Å². The maximum Gasteiger partial charge on any atom is 0.222 e. The minimum atomic E-state index is -0.643. The van der Waals surface area contributed by atoms with Gasteiger partial charge in [-0.15, -0.1) is 0 Å². The number of nitrogens with zero attached hydrogens (tertiary/aromatic N) is 3. The van der Waals surface area contributed by atoms with Crippen LogP contribution in [0.4, 0.5) is 0 Å². The predicted octanol–water partition coefficient (Wildman–Crippen LogP) is 5.05. The van der Waals surface area contributed by atoms with Crippen LogP contribution in [0.25, 0.3) is 11.3 Å². The molecule has 4 rings (SSSR count). The molecular weight excluding hydrogens is 482 g/mol. The summed E-state index contributed by atoms with van der Waals surface area (Å²) in [7, 11) is 3.53. The van der Waals surface area contributed by atoms with Gasteiger partial charge in [0, 0.05) is 44.9 Å². The molecule has 0 radical (unpaired) electrons. The number of aromatic nitrogens is 2. The zero-order chi connectivity index (χ0) is 27.1. The van der Waals surface area contributed by atoms with Crippen LogP contribution in [0.1, 0.15) is 39.2 Å². The summed E-state index contributed by atoms with van der Waals surface area (Å²) in [6.07, 6.45) is 1.55. The van der Waals surface area contributed by atoms with Gasteiger partial charge in [-0.3, -0.25) is 4.90 Å². The van der Waals surface area contributed by atoms with Crippen LogP contribution in [0.15, 0.2) is 54.6 Å². The molecule has 2 atom stereocenters. The second-order valence-corrected chi connectivity index (χ2v) is 10.8. The lowest BCUT2D eigenvalue weighted by Crippen LogP contribution is -2.40. The smallest absolute Gasteiger partial charge is 0.222 e.